The number of hydrogen-bond acceptors (Lipinski definition) is 2. The van der Waals surface area contributed by atoms with Gasteiger partial charge in [0.15, 0.2) is 0 Å². The molecule has 0 aliphatic heterocycles. The van der Waals surface area contributed by atoms with E-state index in [0.717, 1.165) is 24.3 Å². The Labute approximate surface area is 117 Å². The molecule has 0 saturated carbocycles. The van der Waals surface area contributed by atoms with Gasteiger partial charge in [0.2, 0.25) is 0 Å². The van der Waals surface area contributed by atoms with Crippen LogP contribution in [0.2, 0.25) is 0 Å². The quantitative estimate of drug-likeness (QED) is 0.745. The van der Waals surface area contributed by atoms with Crippen LogP contribution in [0.15, 0.2) is 30.9 Å². The first-order valence-electron chi connectivity index (χ1n) is 6.94. The van der Waals surface area contributed by atoms with Crippen molar-refractivity contribution in [3.05, 3.63) is 36.4 Å². The second-order valence-corrected chi connectivity index (χ2v) is 6.08. The Kier molecular flexibility index (Phi) is 5.46. The predicted octanol–water partition coefficient (Wildman–Crippen LogP) is 4.76. The number of anilines is 1. The zero-order valence-electron chi connectivity index (χ0n) is 12.9. The van der Waals surface area contributed by atoms with Crippen molar-refractivity contribution >= 4 is 5.69 Å². The molecule has 2 nitrogen and oxygen atoms in total. The number of rotatable bonds is 6. The molecule has 1 N–H and O–H groups in total. The Morgan fingerprint density at radius 1 is 1.37 bits per heavy atom. The highest BCUT2D eigenvalue weighted by Gasteiger charge is 2.16. The van der Waals surface area contributed by atoms with Crippen molar-refractivity contribution in [3.63, 3.8) is 0 Å². The van der Waals surface area contributed by atoms with E-state index in [1.165, 1.54) is 5.56 Å². The summed E-state index contributed by atoms with van der Waals surface area (Å²) in [7, 11) is 1.71. The average Bonchev–Trinajstić information content (AvgIpc) is 2.35. The maximum Gasteiger partial charge on any atom is 0.141 e. The van der Waals surface area contributed by atoms with Crippen molar-refractivity contribution in [1.82, 2.24) is 0 Å². The molecule has 0 amide bonds. The van der Waals surface area contributed by atoms with Gasteiger partial charge in [-0.2, -0.15) is 0 Å². The second kappa shape index (κ2) is 6.65. The molecule has 2 heteroatoms. The maximum absolute atomic E-state index is 5.44. The van der Waals surface area contributed by atoms with Crippen LogP contribution in [0.4, 0.5) is 5.69 Å². The minimum atomic E-state index is 0.146. The lowest BCUT2D eigenvalue weighted by Gasteiger charge is -2.23. The second-order valence-electron chi connectivity index (χ2n) is 6.08. The Hall–Kier alpha value is -1.44. The van der Waals surface area contributed by atoms with Crippen molar-refractivity contribution < 1.29 is 4.74 Å². The molecule has 0 heterocycles. The minimum Gasteiger partial charge on any atom is -0.495 e. The van der Waals surface area contributed by atoms with Crippen LogP contribution < -0.4 is 10.1 Å². The van der Waals surface area contributed by atoms with E-state index in [9.17, 15) is 0 Å². The maximum atomic E-state index is 5.44. The Balaban J connectivity index is 2.93. The first-order chi connectivity index (χ1) is 8.88. The fourth-order valence-electron chi connectivity index (χ4n) is 1.99. The summed E-state index contributed by atoms with van der Waals surface area (Å²) in [5.41, 5.74) is 2.53. The lowest BCUT2D eigenvalue weighted by molar-refractivity contribution is 0.415. The highest BCUT2D eigenvalue weighted by Crippen LogP contribution is 2.32. The van der Waals surface area contributed by atoms with Crippen LogP contribution in [0.1, 0.15) is 46.1 Å². The van der Waals surface area contributed by atoms with Crippen molar-refractivity contribution in [1.29, 1.82) is 0 Å². The number of benzene rings is 1. The highest BCUT2D eigenvalue weighted by molar-refractivity contribution is 5.59. The number of nitrogens with one attached hydrogen (secondary N) is 1. The summed E-state index contributed by atoms with van der Waals surface area (Å²) in [6.45, 7) is 12.6. The van der Waals surface area contributed by atoms with Crippen molar-refractivity contribution in [2.75, 3.05) is 12.4 Å². The Bertz CT molecular complexity index is 418. The molecule has 0 saturated heterocycles. The minimum absolute atomic E-state index is 0.146. The largest absolute Gasteiger partial charge is 0.495 e. The van der Waals surface area contributed by atoms with Crippen molar-refractivity contribution in [2.45, 2.75) is 52.0 Å². The molecule has 0 aromatic heterocycles. The van der Waals surface area contributed by atoms with Crippen LogP contribution in [0, 0.1) is 0 Å². The van der Waals surface area contributed by atoms with Gasteiger partial charge in [0.05, 0.1) is 12.8 Å². The summed E-state index contributed by atoms with van der Waals surface area (Å²) in [4.78, 5) is 0. The summed E-state index contributed by atoms with van der Waals surface area (Å²) in [5, 5.41) is 3.54. The first-order valence-corrected chi connectivity index (χ1v) is 6.94. The van der Waals surface area contributed by atoms with Crippen LogP contribution in [0.3, 0.4) is 0 Å². The van der Waals surface area contributed by atoms with Crippen molar-refractivity contribution in [3.8, 4) is 5.75 Å². The van der Waals surface area contributed by atoms with E-state index in [2.05, 4.69) is 51.7 Å². The molecule has 1 aromatic rings. The van der Waals surface area contributed by atoms with E-state index in [-0.39, 0.29) is 5.41 Å². The third-order valence-electron chi connectivity index (χ3n) is 3.27. The SMILES string of the molecule is C=CCCC(C)Nc1cc(C(C)(C)C)ccc1OC. The van der Waals surface area contributed by atoms with Gasteiger partial charge in [0, 0.05) is 6.04 Å². The average molecular weight is 261 g/mol. The number of methoxy groups -OCH3 is 1. The fraction of sp³-hybridized carbons (Fsp3) is 0.529. The summed E-state index contributed by atoms with van der Waals surface area (Å²) in [5.74, 6) is 0.901. The van der Waals surface area contributed by atoms with Crippen molar-refractivity contribution in [2.24, 2.45) is 0 Å². The van der Waals surface area contributed by atoms with Gasteiger partial charge in [0.1, 0.15) is 5.75 Å². The topological polar surface area (TPSA) is 21.3 Å². The molecular weight excluding hydrogens is 234 g/mol. The van der Waals surface area contributed by atoms with Crippen LogP contribution in [0.25, 0.3) is 0 Å². The number of ether oxygens (including phenoxy) is 1. The van der Waals surface area contributed by atoms with Gasteiger partial charge in [-0.1, -0.05) is 32.9 Å². The summed E-state index contributed by atoms with van der Waals surface area (Å²) < 4.78 is 5.44. The molecule has 0 aliphatic rings. The van der Waals surface area contributed by atoms with Crippen LogP contribution in [-0.4, -0.2) is 13.2 Å². The molecule has 0 radical (unpaired) electrons. The standard InChI is InChI=1S/C17H27NO/c1-7-8-9-13(2)18-15-12-14(17(3,4)5)10-11-16(15)19-6/h7,10-13,18H,1,8-9H2,2-6H3. The van der Waals surface area contributed by atoms with E-state index in [0.29, 0.717) is 6.04 Å². The molecule has 19 heavy (non-hydrogen) atoms. The number of allylic oxidation sites excluding steroid dienone is 1. The van der Waals surface area contributed by atoms with Crippen LogP contribution >= 0.6 is 0 Å². The normalized spacial score (nSPS) is 12.9. The monoisotopic (exact) mass is 261 g/mol. The zero-order chi connectivity index (χ0) is 14.5. The third-order valence-corrected chi connectivity index (χ3v) is 3.27. The summed E-state index contributed by atoms with van der Waals surface area (Å²) in [6.07, 6.45) is 4.06. The Morgan fingerprint density at radius 2 is 2.05 bits per heavy atom. The third kappa shape index (κ3) is 4.62. The Morgan fingerprint density at radius 3 is 2.58 bits per heavy atom. The predicted molar refractivity (Wildman–Crippen MR) is 84.2 cm³/mol. The lowest BCUT2D eigenvalue weighted by atomic mass is 9.86. The van der Waals surface area contributed by atoms with Gasteiger partial charge in [-0.25, -0.2) is 0 Å². The van der Waals surface area contributed by atoms with Gasteiger partial charge in [-0.05, 0) is 42.9 Å². The molecule has 1 atom stereocenters. The van der Waals surface area contributed by atoms with Gasteiger partial charge in [-0.15, -0.1) is 6.58 Å². The molecule has 0 fully saturated rings. The van der Waals surface area contributed by atoms with E-state index in [1.807, 2.05) is 12.1 Å². The van der Waals surface area contributed by atoms with E-state index in [4.69, 9.17) is 4.74 Å². The van der Waals surface area contributed by atoms with Gasteiger partial charge < -0.3 is 10.1 Å². The molecule has 1 unspecified atom stereocenters. The van der Waals surface area contributed by atoms with Crippen LogP contribution in [0.5, 0.6) is 5.75 Å². The first kappa shape index (κ1) is 15.6. The summed E-state index contributed by atoms with van der Waals surface area (Å²) in [6, 6.07) is 6.78. The molecule has 106 valence electrons. The van der Waals surface area contributed by atoms with E-state index < -0.39 is 0 Å². The number of hydrogen-bond donors (Lipinski definition) is 1. The molecule has 0 bridgehead atoms. The van der Waals surface area contributed by atoms with Crippen LogP contribution in [-0.2, 0) is 5.41 Å². The lowest BCUT2D eigenvalue weighted by Crippen LogP contribution is -2.17. The summed E-state index contributed by atoms with van der Waals surface area (Å²) >= 11 is 0. The molecular formula is C17H27NO. The molecule has 0 aliphatic carbocycles. The van der Waals surface area contributed by atoms with E-state index >= 15 is 0 Å². The molecule has 0 spiro atoms. The van der Waals surface area contributed by atoms with Gasteiger partial charge >= 0.3 is 0 Å². The molecule has 1 aromatic carbocycles. The fourth-order valence-corrected chi connectivity index (χ4v) is 1.99. The van der Waals surface area contributed by atoms with Gasteiger partial charge in [-0.3, -0.25) is 0 Å². The zero-order valence-corrected chi connectivity index (χ0v) is 12.9. The van der Waals surface area contributed by atoms with Gasteiger partial charge in [0.25, 0.3) is 0 Å². The molecule has 1 rings (SSSR count). The highest BCUT2D eigenvalue weighted by atomic mass is 16.5. The smallest absolute Gasteiger partial charge is 0.141 e. The van der Waals surface area contributed by atoms with E-state index in [1.54, 1.807) is 7.11 Å².